The van der Waals surface area contributed by atoms with Crippen molar-refractivity contribution in [3.63, 3.8) is 0 Å². The standard InChI is InChI=1S/C18H20ClN7O2S/c1-29-23-16-4-5-26(22-16)18(27)25-8-6-24(7-9-25)11-13-2-3-15(19)14(10-13)17-21-20-12-28-17/h2-5,10,12H,6-9,11H2,1H3,(H,22,23). The van der Waals surface area contributed by atoms with Crippen LogP contribution in [0.2, 0.25) is 5.02 Å². The molecule has 0 spiro atoms. The van der Waals surface area contributed by atoms with Gasteiger partial charge in [-0.1, -0.05) is 29.6 Å². The van der Waals surface area contributed by atoms with Gasteiger partial charge in [-0.25, -0.2) is 4.79 Å². The number of halogens is 1. The second kappa shape index (κ2) is 8.85. The average Bonchev–Trinajstić information content (AvgIpc) is 3.42. The molecule has 29 heavy (non-hydrogen) atoms. The number of nitrogens with zero attached hydrogens (tertiary/aromatic N) is 6. The zero-order chi connectivity index (χ0) is 20.2. The summed E-state index contributed by atoms with van der Waals surface area (Å²) in [7, 11) is 0. The van der Waals surface area contributed by atoms with E-state index in [4.69, 9.17) is 16.0 Å². The lowest BCUT2D eigenvalue weighted by Crippen LogP contribution is -2.49. The van der Waals surface area contributed by atoms with Crippen molar-refractivity contribution in [1.29, 1.82) is 0 Å². The van der Waals surface area contributed by atoms with Crippen LogP contribution in [0.5, 0.6) is 0 Å². The van der Waals surface area contributed by atoms with E-state index in [1.165, 1.54) is 23.0 Å². The molecular formula is C18H20ClN7O2S. The maximum absolute atomic E-state index is 12.6. The van der Waals surface area contributed by atoms with Crippen LogP contribution in [0.15, 0.2) is 41.3 Å². The van der Waals surface area contributed by atoms with Crippen LogP contribution in [0.1, 0.15) is 5.56 Å². The van der Waals surface area contributed by atoms with Gasteiger partial charge >= 0.3 is 6.03 Å². The Hall–Kier alpha value is -2.56. The van der Waals surface area contributed by atoms with E-state index >= 15 is 0 Å². The lowest BCUT2D eigenvalue weighted by molar-refractivity contribution is 0.134. The van der Waals surface area contributed by atoms with Gasteiger partial charge in [-0.3, -0.25) is 4.90 Å². The van der Waals surface area contributed by atoms with Crippen LogP contribution in [-0.4, -0.2) is 68.2 Å². The lowest BCUT2D eigenvalue weighted by Gasteiger charge is -2.34. The van der Waals surface area contributed by atoms with Crippen LogP contribution >= 0.6 is 23.5 Å². The van der Waals surface area contributed by atoms with Crippen LogP contribution in [0.4, 0.5) is 10.6 Å². The van der Waals surface area contributed by atoms with Gasteiger partial charge in [0.1, 0.15) is 0 Å². The highest BCUT2D eigenvalue weighted by Crippen LogP contribution is 2.27. The number of carbonyl (C=O) groups is 1. The van der Waals surface area contributed by atoms with Crippen LogP contribution < -0.4 is 4.72 Å². The van der Waals surface area contributed by atoms with E-state index in [1.807, 2.05) is 29.4 Å². The van der Waals surface area contributed by atoms with Gasteiger partial charge in [0.05, 0.1) is 10.6 Å². The first-order valence-electron chi connectivity index (χ1n) is 9.05. The molecule has 4 rings (SSSR count). The predicted octanol–water partition coefficient (Wildman–Crippen LogP) is 3.06. The Labute approximate surface area is 177 Å². The number of benzene rings is 1. The maximum Gasteiger partial charge on any atom is 0.344 e. The number of carbonyl (C=O) groups excluding carboxylic acids is 1. The van der Waals surface area contributed by atoms with Crippen LogP contribution in [0.25, 0.3) is 11.5 Å². The van der Waals surface area contributed by atoms with Gasteiger partial charge in [0, 0.05) is 51.2 Å². The molecule has 1 aliphatic rings. The summed E-state index contributed by atoms with van der Waals surface area (Å²) in [6.07, 6.45) is 4.88. The molecule has 2 aromatic heterocycles. The Morgan fingerprint density at radius 3 is 2.83 bits per heavy atom. The SMILES string of the molecule is CSNc1ccn(C(=O)N2CCN(Cc3ccc(Cl)c(-c4nnco4)c3)CC2)n1. The molecule has 0 bridgehead atoms. The van der Waals surface area contributed by atoms with Gasteiger partial charge < -0.3 is 14.0 Å². The molecule has 1 N–H and O–H groups in total. The zero-order valence-corrected chi connectivity index (χ0v) is 17.4. The fourth-order valence-electron chi connectivity index (χ4n) is 3.21. The minimum atomic E-state index is -0.107. The summed E-state index contributed by atoms with van der Waals surface area (Å²) in [5, 5.41) is 12.5. The van der Waals surface area contributed by atoms with Gasteiger partial charge in [0.2, 0.25) is 12.3 Å². The number of piperazine rings is 1. The number of aromatic nitrogens is 4. The van der Waals surface area contributed by atoms with E-state index in [9.17, 15) is 4.79 Å². The first kappa shape index (κ1) is 19.7. The smallest absolute Gasteiger partial charge is 0.344 e. The van der Waals surface area contributed by atoms with E-state index in [0.717, 1.165) is 30.8 Å². The molecule has 0 radical (unpaired) electrons. The first-order valence-corrected chi connectivity index (χ1v) is 10.7. The molecule has 0 unspecified atom stereocenters. The summed E-state index contributed by atoms with van der Waals surface area (Å²) in [6.45, 7) is 3.61. The Morgan fingerprint density at radius 2 is 2.10 bits per heavy atom. The van der Waals surface area contributed by atoms with Gasteiger partial charge in [-0.2, -0.15) is 4.68 Å². The Kier molecular flexibility index (Phi) is 6.02. The Bertz CT molecular complexity index is 971. The highest BCUT2D eigenvalue weighted by molar-refractivity contribution is 7.99. The second-order valence-electron chi connectivity index (χ2n) is 6.56. The molecule has 1 amide bonds. The molecule has 3 aromatic rings. The van der Waals surface area contributed by atoms with Crippen LogP contribution in [0.3, 0.4) is 0 Å². The third kappa shape index (κ3) is 4.55. The first-order chi connectivity index (χ1) is 14.1. The fraction of sp³-hybridized carbons (Fsp3) is 0.333. The van der Waals surface area contributed by atoms with Crippen molar-refractivity contribution in [3.8, 4) is 11.5 Å². The van der Waals surface area contributed by atoms with E-state index in [0.29, 0.717) is 29.8 Å². The van der Waals surface area contributed by atoms with E-state index in [2.05, 4.69) is 24.9 Å². The number of hydrogen-bond donors (Lipinski definition) is 1. The largest absolute Gasteiger partial charge is 0.423 e. The number of hydrogen-bond acceptors (Lipinski definition) is 8. The average molecular weight is 434 g/mol. The zero-order valence-electron chi connectivity index (χ0n) is 15.8. The van der Waals surface area contributed by atoms with Crippen molar-refractivity contribution < 1.29 is 9.21 Å². The molecule has 3 heterocycles. The summed E-state index contributed by atoms with van der Waals surface area (Å²) in [6, 6.07) is 7.48. The second-order valence-corrected chi connectivity index (χ2v) is 7.58. The van der Waals surface area contributed by atoms with Gasteiger partial charge in [0.15, 0.2) is 5.82 Å². The van der Waals surface area contributed by atoms with Crippen molar-refractivity contribution in [3.05, 3.63) is 47.4 Å². The van der Waals surface area contributed by atoms with Crippen molar-refractivity contribution in [2.45, 2.75) is 6.54 Å². The molecule has 9 nitrogen and oxygen atoms in total. The molecule has 0 aliphatic carbocycles. The number of rotatable bonds is 5. The summed E-state index contributed by atoms with van der Waals surface area (Å²) in [4.78, 5) is 16.7. The Balaban J connectivity index is 1.35. The molecular weight excluding hydrogens is 414 g/mol. The molecule has 0 saturated carbocycles. The molecule has 1 aliphatic heterocycles. The van der Waals surface area contributed by atoms with E-state index < -0.39 is 0 Å². The molecule has 152 valence electrons. The lowest BCUT2D eigenvalue weighted by atomic mass is 10.1. The van der Waals surface area contributed by atoms with Crippen molar-refractivity contribution >= 4 is 35.4 Å². The Morgan fingerprint density at radius 1 is 1.28 bits per heavy atom. The van der Waals surface area contributed by atoms with Gasteiger partial charge in [-0.05, 0) is 17.7 Å². The minimum Gasteiger partial charge on any atom is -0.423 e. The third-order valence-electron chi connectivity index (χ3n) is 4.66. The minimum absolute atomic E-state index is 0.107. The molecule has 0 atom stereocenters. The number of amides is 1. The van der Waals surface area contributed by atoms with Crippen molar-refractivity contribution in [1.82, 2.24) is 29.8 Å². The predicted molar refractivity (Wildman–Crippen MR) is 112 cm³/mol. The summed E-state index contributed by atoms with van der Waals surface area (Å²) in [5.74, 6) is 1.08. The summed E-state index contributed by atoms with van der Waals surface area (Å²) < 4.78 is 9.67. The molecule has 11 heteroatoms. The van der Waals surface area contributed by atoms with Gasteiger partial charge in [-0.15, -0.1) is 15.3 Å². The monoisotopic (exact) mass is 433 g/mol. The molecule has 1 fully saturated rings. The highest BCUT2D eigenvalue weighted by atomic mass is 35.5. The molecule has 1 aromatic carbocycles. The highest BCUT2D eigenvalue weighted by Gasteiger charge is 2.23. The van der Waals surface area contributed by atoms with Gasteiger partial charge in [0.25, 0.3) is 0 Å². The number of anilines is 1. The fourth-order valence-corrected chi connectivity index (χ4v) is 3.73. The molecule has 1 saturated heterocycles. The topological polar surface area (TPSA) is 92.3 Å². The quantitative estimate of drug-likeness (QED) is 0.614. The summed E-state index contributed by atoms with van der Waals surface area (Å²) >= 11 is 7.70. The van der Waals surface area contributed by atoms with Crippen molar-refractivity contribution in [2.24, 2.45) is 0 Å². The van der Waals surface area contributed by atoms with E-state index in [-0.39, 0.29) is 6.03 Å². The van der Waals surface area contributed by atoms with E-state index in [1.54, 1.807) is 12.3 Å². The van der Waals surface area contributed by atoms with Crippen LogP contribution in [0, 0.1) is 0 Å². The van der Waals surface area contributed by atoms with Crippen molar-refractivity contribution in [2.75, 3.05) is 37.2 Å². The maximum atomic E-state index is 12.6. The normalized spacial score (nSPS) is 14.9. The third-order valence-corrected chi connectivity index (χ3v) is 5.40. The van der Waals surface area contributed by atoms with Crippen LogP contribution in [-0.2, 0) is 6.54 Å². The number of nitrogens with one attached hydrogen (secondary N) is 1. The summed E-state index contributed by atoms with van der Waals surface area (Å²) in [5.41, 5.74) is 1.83.